The number of hydrogen-bond acceptors (Lipinski definition) is 5. The molecule has 0 aliphatic carbocycles. The fraction of sp³-hybridized carbons (Fsp3) is 0.385. The number of para-hydroxylation sites is 1. The fourth-order valence-corrected chi connectivity index (χ4v) is 4.50. The number of hydrogen-bond donors (Lipinski definition) is 2. The third-order valence-electron chi connectivity index (χ3n) is 6.36. The van der Waals surface area contributed by atoms with Crippen molar-refractivity contribution in [2.24, 2.45) is 0 Å². The number of piperazine rings is 1. The van der Waals surface area contributed by atoms with Crippen LogP contribution < -0.4 is 20.3 Å². The minimum absolute atomic E-state index is 0.0948. The topological polar surface area (TPSA) is 73.9 Å². The summed E-state index contributed by atoms with van der Waals surface area (Å²) >= 11 is 0. The van der Waals surface area contributed by atoms with Gasteiger partial charge >= 0.3 is 0 Å². The second kappa shape index (κ2) is 10.5. The van der Waals surface area contributed by atoms with Crippen LogP contribution in [0.5, 0.6) is 5.75 Å². The molecule has 0 spiro atoms. The zero-order valence-electron chi connectivity index (χ0n) is 19.3. The largest absolute Gasteiger partial charge is 0.496 e. The lowest BCUT2D eigenvalue weighted by Gasteiger charge is -2.33. The van der Waals surface area contributed by atoms with Crippen molar-refractivity contribution in [1.29, 1.82) is 0 Å². The molecule has 1 saturated heterocycles. The van der Waals surface area contributed by atoms with Crippen molar-refractivity contribution in [3.8, 4) is 5.75 Å². The third kappa shape index (κ3) is 5.54. The molecule has 2 N–H and O–H groups in total. The van der Waals surface area contributed by atoms with Crippen LogP contribution in [0.25, 0.3) is 6.08 Å². The van der Waals surface area contributed by atoms with Gasteiger partial charge in [0.15, 0.2) is 0 Å². The number of benzene rings is 2. The van der Waals surface area contributed by atoms with E-state index in [2.05, 4.69) is 45.7 Å². The summed E-state index contributed by atoms with van der Waals surface area (Å²) in [5.74, 6) is 0.593. The Kier molecular flexibility index (Phi) is 7.29. The molecule has 2 aliphatic rings. The standard InChI is InChI=1S/C26H32N4O3/c1-29-14-11-21-16-19(9-10-22(21)29)18-28-25(31)17-23-26(32)27-12-15-30(23)13-5-7-20-6-3-4-8-24(20)33-2/h3-10,16,23H,11-15,17-18H2,1-2H3,(H,27,32)(H,28,31)/b7-5+. The van der Waals surface area contributed by atoms with Crippen molar-refractivity contribution >= 4 is 23.6 Å². The summed E-state index contributed by atoms with van der Waals surface area (Å²) in [4.78, 5) is 29.5. The molecule has 2 heterocycles. The average molecular weight is 449 g/mol. The van der Waals surface area contributed by atoms with Crippen molar-refractivity contribution in [3.05, 3.63) is 65.2 Å². The zero-order chi connectivity index (χ0) is 23.2. The Balaban J connectivity index is 1.33. The van der Waals surface area contributed by atoms with Crippen LogP contribution in [-0.2, 0) is 22.6 Å². The first-order valence-corrected chi connectivity index (χ1v) is 11.5. The van der Waals surface area contributed by atoms with E-state index in [0.717, 1.165) is 29.8 Å². The Labute approximate surface area is 195 Å². The number of fused-ring (bicyclic) bond motifs is 1. The van der Waals surface area contributed by atoms with Crippen LogP contribution in [0.1, 0.15) is 23.1 Å². The molecule has 2 aromatic carbocycles. The molecule has 7 heteroatoms. The number of carbonyl (C=O) groups excluding carboxylic acids is 2. The highest BCUT2D eigenvalue weighted by molar-refractivity contribution is 5.88. The van der Waals surface area contributed by atoms with E-state index < -0.39 is 6.04 Å². The second-order valence-corrected chi connectivity index (χ2v) is 8.56. The first-order chi connectivity index (χ1) is 16.0. The number of carbonyl (C=O) groups is 2. The predicted molar refractivity (Wildman–Crippen MR) is 130 cm³/mol. The molecule has 1 atom stereocenters. The van der Waals surface area contributed by atoms with E-state index in [1.807, 2.05) is 36.4 Å². The van der Waals surface area contributed by atoms with Crippen molar-refractivity contribution in [2.45, 2.75) is 25.4 Å². The molecule has 174 valence electrons. The van der Waals surface area contributed by atoms with Crippen molar-refractivity contribution in [1.82, 2.24) is 15.5 Å². The molecule has 2 aliphatic heterocycles. The quantitative estimate of drug-likeness (QED) is 0.648. The lowest BCUT2D eigenvalue weighted by atomic mass is 10.1. The highest BCUT2D eigenvalue weighted by atomic mass is 16.5. The number of likely N-dealkylation sites (N-methyl/N-ethyl adjacent to an activating group) is 1. The molecule has 0 saturated carbocycles. The van der Waals surface area contributed by atoms with Gasteiger partial charge in [0, 0.05) is 51.0 Å². The summed E-state index contributed by atoms with van der Waals surface area (Å²) in [7, 11) is 3.75. The Morgan fingerprint density at radius 1 is 1.24 bits per heavy atom. The zero-order valence-corrected chi connectivity index (χ0v) is 19.3. The molecule has 33 heavy (non-hydrogen) atoms. The van der Waals surface area contributed by atoms with Crippen LogP contribution in [0.2, 0.25) is 0 Å². The van der Waals surface area contributed by atoms with Gasteiger partial charge in [-0.15, -0.1) is 0 Å². The summed E-state index contributed by atoms with van der Waals surface area (Å²) in [5.41, 5.74) is 4.66. The van der Waals surface area contributed by atoms with Gasteiger partial charge < -0.3 is 20.3 Å². The Morgan fingerprint density at radius 3 is 2.94 bits per heavy atom. The number of nitrogens with one attached hydrogen (secondary N) is 2. The van der Waals surface area contributed by atoms with Crippen LogP contribution in [0.4, 0.5) is 5.69 Å². The van der Waals surface area contributed by atoms with Crippen LogP contribution in [0, 0.1) is 0 Å². The van der Waals surface area contributed by atoms with Crippen LogP contribution in [-0.4, -0.2) is 63.1 Å². The van der Waals surface area contributed by atoms with Gasteiger partial charge in [0.2, 0.25) is 11.8 Å². The van der Waals surface area contributed by atoms with Gasteiger partial charge in [-0.05, 0) is 29.7 Å². The van der Waals surface area contributed by atoms with E-state index in [0.29, 0.717) is 26.2 Å². The van der Waals surface area contributed by atoms with E-state index in [9.17, 15) is 9.59 Å². The molecule has 4 rings (SSSR count). The van der Waals surface area contributed by atoms with E-state index in [1.165, 1.54) is 11.3 Å². The van der Waals surface area contributed by atoms with Crippen LogP contribution in [0.15, 0.2) is 48.5 Å². The summed E-state index contributed by atoms with van der Waals surface area (Å²) < 4.78 is 5.39. The van der Waals surface area contributed by atoms with Gasteiger partial charge in [0.25, 0.3) is 0 Å². The predicted octanol–water partition coefficient (Wildman–Crippen LogP) is 2.21. The number of nitrogens with zero attached hydrogens (tertiary/aromatic N) is 2. The van der Waals surface area contributed by atoms with Gasteiger partial charge in [-0.2, -0.15) is 0 Å². The van der Waals surface area contributed by atoms with Gasteiger partial charge in [-0.25, -0.2) is 0 Å². The highest BCUT2D eigenvalue weighted by Crippen LogP contribution is 2.27. The van der Waals surface area contributed by atoms with Crippen molar-refractivity contribution in [3.63, 3.8) is 0 Å². The lowest BCUT2D eigenvalue weighted by molar-refractivity contribution is -0.133. The summed E-state index contributed by atoms with van der Waals surface area (Å²) in [6, 6.07) is 13.7. The van der Waals surface area contributed by atoms with E-state index >= 15 is 0 Å². The second-order valence-electron chi connectivity index (χ2n) is 8.56. The molecule has 2 amide bonds. The van der Waals surface area contributed by atoms with Gasteiger partial charge in [0.05, 0.1) is 19.6 Å². The Hall–Kier alpha value is -3.32. The van der Waals surface area contributed by atoms with E-state index in [4.69, 9.17) is 4.74 Å². The monoisotopic (exact) mass is 448 g/mol. The smallest absolute Gasteiger partial charge is 0.237 e. The van der Waals surface area contributed by atoms with Crippen molar-refractivity contribution < 1.29 is 14.3 Å². The number of rotatable bonds is 8. The van der Waals surface area contributed by atoms with Gasteiger partial charge in [-0.3, -0.25) is 14.5 Å². The lowest BCUT2D eigenvalue weighted by Crippen LogP contribution is -2.56. The SMILES string of the molecule is COc1ccccc1/C=C/CN1CCNC(=O)C1CC(=O)NCc1ccc2c(c1)CCN2C. The summed E-state index contributed by atoms with van der Waals surface area (Å²) in [5, 5.41) is 5.88. The third-order valence-corrected chi connectivity index (χ3v) is 6.36. The molecule has 2 aromatic rings. The molecule has 1 fully saturated rings. The van der Waals surface area contributed by atoms with Gasteiger partial charge in [-0.1, -0.05) is 42.5 Å². The fourth-order valence-electron chi connectivity index (χ4n) is 4.50. The number of ether oxygens (including phenoxy) is 1. The first kappa shape index (κ1) is 22.9. The minimum Gasteiger partial charge on any atom is -0.496 e. The molecule has 0 radical (unpaired) electrons. The van der Waals surface area contributed by atoms with Crippen LogP contribution in [0.3, 0.4) is 0 Å². The Morgan fingerprint density at radius 2 is 2.09 bits per heavy atom. The molecule has 0 aromatic heterocycles. The number of anilines is 1. The van der Waals surface area contributed by atoms with Gasteiger partial charge in [0.1, 0.15) is 5.75 Å². The molecule has 7 nitrogen and oxygen atoms in total. The minimum atomic E-state index is -0.477. The maximum Gasteiger partial charge on any atom is 0.237 e. The van der Waals surface area contributed by atoms with Crippen LogP contribution >= 0.6 is 0 Å². The molecule has 1 unspecified atom stereocenters. The average Bonchev–Trinajstić information content (AvgIpc) is 3.20. The van der Waals surface area contributed by atoms with E-state index in [1.54, 1.807) is 7.11 Å². The molecular weight excluding hydrogens is 416 g/mol. The summed E-state index contributed by atoms with van der Waals surface area (Å²) in [6.45, 7) is 3.38. The van der Waals surface area contributed by atoms with Crippen molar-refractivity contribution in [2.75, 3.05) is 45.2 Å². The maximum absolute atomic E-state index is 12.7. The molecule has 0 bridgehead atoms. The van der Waals surface area contributed by atoms with E-state index in [-0.39, 0.29) is 18.2 Å². The highest BCUT2D eigenvalue weighted by Gasteiger charge is 2.30. The normalized spacial score (nSPS) is 18.3. The first-order valence-electron chi connectivity index (χ1n) is 11.5. The number of methoxy groups -OCH3 is 1. The number of amides is 2. The maximum atomic E-state index is 12.7. The molecular formula is C26H32N4O3. The summed E-state index contributed by atoms with van der Waals surface area (Å²) in [6.07, 6.45) is 5.19. The Bertz CT molecular complexity index is 1040.